The van der Waals surface area contributed by atoms with Gasteiger partial charge in [0.15, 0.2) is 0 Å². The Bertz CT molecular complexity index is 627. The SMILES string of the molecule is CSCC[C@H](NC(=O)[C@H](Cc1ccccc1)NC(=O)[C@@H](N)[C@@H](C)O)C(=O)O. The third kappa shape index (κ3) is 7.98. The summed E-state index contributed by atoms with van der Waals surface area (Å²) in [5.41, 5.74) is 6.42. The molecule has 6 N–H and O–H groups in total. The molecular formula is C18H27N3O5S. The highest BCUT2D eigenvalue weighted by molar-refractivity contribution is 7.98. The molecule has 8 nitrogen and oxygen atoms in total. The first-order valence-corrected chi connectivity index (χ1v) is 9.95. The normalized spacial score (nSPS) is 15.3. The maximum atomic E-state index is 12.7. The number of carbonyl (C=O) groups excluding carboxylic acids is 2. The van der Waals surface area contributed by atoms with Crippen molar-refractivity contribution >= 4 is 29.5 Å². The highest BCUT2D eigenvalue weighted by atomic mass is 32.2. The van der Waals surface area contributed by atoms with Crippen LogP contribution in [0.25, 0.3) is 0 Å². The van der Waals surface area contributed by atoms with Crippen LogP contribution in [0.5, 0.6) is 0 Å². The van der Waals surface area contributed by atoms with Crippen LogP contribution in [0.15, 0.2) is 30.3 Å². The number of hydrogen-bond donors (Lipinski definition) is 5. The molecule has 0 fully saturated rings. The van der Waals surface area contributed by atoms with Crippen LogP contribution in [0.3, 0.4) is 0 Å². The van der Waals surface area contributed by atoms with Gasteiger partial charge in [-0.05, 0) is 30.9 Å². The van der Waals surface area contributed by atoms with Crippen LogP contribution in [0.4, 0.5) is 0 Å². The van der Waals surface area contributed by atoms with Crippen LogP contribution in [0.2, 0.25) is 0 Å². The van der Waals surface area contributed by atoms with Crippen molar-refractivity contribution in [2.75, 3.05) is 12.0 Å². The van der Waals surface area contributed by atoms with Gasteiger partial charge in [0.05, 0.1) is 6.10 Å². The molecule has 0 aliphatic rings. The predicted molar refractivity (Wildman–Crippen MR) is 104 cm³/mol. The summed E-state index contributed by atoms with van der Waals surface area (Å²) in [5, 5.41) is 23.8. The maximum absolute atomic E-state index is 12.7. The standard InChI is InChI=1S/C18H27N3O5S/c1-11(22)15(19)17(24)21-14(10-12-6-4-3-5-7-12)16(23)20-13(18(25)26)8-9-27-2/h3-7,11,13-15,22H,8-10,19H2,1-2H3,(H,20,23)(H,21,24)(H,25,26)/t11-,13+,14+,15+/m1/s1. The number of carbonyl (C=O) groups is 3. The van der Waals surface area contributed by atoms with Crippen molar-refractivity contribution in [3.05, 3.63) is 35.9 Å². The van der Waals surface area contributed by atoms with Crippen molar-refractivity contribution in [1.82, 2.24) is 10.6 Å². The molecule has 0 heterocycles. The van der Waals surface area contributed by atoms with E-state index in [1.165, 1.54) is 18.7 Å². The lowest BCUT2D eigenvalue weighted by molar-refractivity contribution is -0.142. The van der Waals surface area contributed by atoms with Crippen molar-refractivity contribution in [3.8, 4) is 0 Å². The van der Waals surface area contributed by atoms with Crippen molar-refractivity contribution in [1.29, 1.82) is 0 Å². The number of aliphatic hydroxyl groups is 1. The first kappa shape index (κ1) is 22.9. The third-order valence-corrected chi connectivity index (χ3v) is 4.61. The Morgan fingerprint density at radius 2 is 1.70 bits per heavy atom. The molecule has 1 aromatic carbocycles. The number of thioether (sulfide) groups is 1. The van der Waals surface area contributed by atoms with E-state index in [0.717, 1.165) is 5.56 Å². The monoisotopic (exact) mass is 397 g/mol. The Morgan fingerprint density at radius 3 is 2.22 bits per heavy atom. The van der Waals surface area contributed by atoms with Crippen LogP contribution < -0.4 is 16.4 Å². The number of nitrogens with two attached hydrogens (primary N) is 1. The van der Waals surface area contributed by atoms with Crippen molar-refractivity contribution in [3.63, 3.8) is 0 Å². The van der Waals surface area contributed by atoms with Gasteiger partial charge in [-0.1, -0.05) is 30.3 Å². The van der Waals surface area contributed by atoms with E-state index in [-0.39, 0.29) is 12.8 Å². The topological polar surface area (TPSA) is 142 Å². The van der Waals surface area contributed by atoms with E-state index in [1.54, 1.807) is 24.3 Å². The number of carboxylic acids is 1. The van der Waals surface area contributed by atoms with Crippen LogP contribution >= 0.6 is 11.8 Å². The summed E-state index contributed by atoms with van der Waals surface area (Å²) in [6.07, 6.45) is 1.19. The Morgan fingerprint density at radius 1 is 1.11 bits per heavy atom. The Labute approximate surface area is 162 Å². The fraction of sp³-hybridized carbons (Fsp3) is 0.500. The summed E-state index contributed by atoms with van der Waals surface area (Å²) in [5.74, 6) is -1.86. The van der Waals surface area contributed by atoms with E-state index >= 15 is 0 Å². The second kappa shape index (κ2) is 11.6. The van der Waals surface area contributed by atoms with Crippen LogP contribution in [-0.2, 0) is 20.8 Å². The van der Waals surface area contributed by atoms with E-state index in [0.29, 0.717) is 5.75 Å². The van der Waals surface area contributed by atoms with Crippen LogP contribution in [0.1, 0.15) is 18.9 Å². The van der Waals surface area contributed by atoms with Gasteiger partial charge in [0, 0.05) is 6.42 Å². The fourth-order valence-electron chi connectivity index (χ4n) is 2.31. The number of benzene rings is 1. The smallest absolute Gasteiger partial charge is 0.326 e. The number of nitrogens with one attached hydrogen (secondary N) is 2. The number of carboxylic acid groups (broad SMARTS) is 1. The summed E-state index contributed by atoms with van der Waals surface area (Å²) >= 11 is 1.47. The van der Waals surface area contributed by atoms with Gasteiger partial charge in [0.1, 0.15) is 18.1 Å². The minimum absolute atomic E-state index is 0.166. The average Bonchev–Trinajstić information content (AvgIpc) is 2.64. The Kier molecular flexibility index (Phi) is 9.84. The summed E-state index contributed by atoms with van der Waals surface area (Å²) in [6, 6.07) is 5.75. The minimum Gasteiger partial charge on any atom is -0.480 e. The van der Waals surface area contributed by atoms with Gasteiger partial charge in [-0.2, -0.15) is 11.8 Å². The zero-order valence-electron chi connectivity index (χ0n) is 15.4. The number of amides is 2. The highest BCUT2D eigenvalue weighted by Crippen LogP contribution is 2.06. The van der Waals surface area contributed by atoms with Crippen LogP contribution in [-0.4, -0.2) is 64.2 Å². The maximum Gasteiger partial charge on any atom is 0.326 e. The molecule has 1 rings (SSSR count). The van der Waals surface area contributed by atoms with Crippen molar-refractivity contribution in [2.24, 2.45) is 5.73 Å². The predicted octanol–water partition coefficient (Wildman–Crippen LogP) is -0.255. The lowest BCUT2D eigenvalue weighted by Crippen LogP contribution is -2.57. The molecule has 0 aliphatic heterocycles. The number of aliphatic hydroxyl groups excluding tert-OH is 1. The van der Waals surface area contributed by atoms with Gasteiger partial charge in [-0.15, -0.1) is 0 Å². The van der Waals surface area contributed by atoms with Gasteiger partial charge >= 0.3 is 5.97 Å². The summed E-state index contributed by atoms with van der Waals surface area (Å²) in [4.78, 5) is 36.2. The van der Waals surface area contributed by atoms with Gasteiger partial charge in [-0.3, -0.25) is 9.59 Å². The molecule has 0 saturated carbocycles. The summed E-state index contributed by atoms with van der Waals surface area (Å²) in [7, 11) is 0. The first-order chi connectivity index (χ1) is 12.8. The molecule has 0 bridgehead atoms. The largest absolute Gasteiger partial charge is 0.480 e. The molecule has 4 atom stereocenters. The number of rotatable bonds is 11. The number of hydrogen-bond acceptors (Lipinski definition) is 6. The van der Waals surface area contributed by atoms with E-state index < -0.39 is 42.0 Å². The molecular weight excluding hydrogens is 370 g/mol. The van der Waals surface area contributed by atoms with E-state index in [4.69, 9.17) is 5.73 Å². The molecule has 0 radical (unpaired) electrons. The molecule has 2 amide bonds. The van der Waals surface area contributed by atoms with Crippen molar-refractivity contribution < 1.29 is 24.6 Å². The van der Waals surface area contributed by atoms with Crippen LogP contribution in [0, 0.1) is 0 Å². The summed E-state index contributed by atoms with van der Waals surface area (Å²) in [6.45, 7) is 1.37. The molecule has 9 heteroatoms. The summed E-state index contributed by atoms with van der Waals surface area (Å²) < 4.78 is 0. The number of aliphatic carboxylic acids is 1. The second-order valence-corrected chi connectivity index (χ2v) is 7.18. The molecule has 27 heavy (non-hydrogen) atoms. The van der Waals surface area contributed by atoms with Crippen molar-refractivity contribution in [2.45, 2.75) is 44.0 Å². The van der Waals surface area contributed by atoms with Gasteiger partial charge < -0.3 is 26.6 Å². The molecule has 1 aromatic rings. The molecule has 0 spiro atoms. The molecule has 150 valence electrons. The fourth-order valence-corrected chi connectivity index (χ4v) is 2.78. The Balaban J connectivity index is 2.92. The first-order valence-electron chi connectivity index (χ1n) is 8.56. The van der Waals surface area contributed by atoms with Gasteiger partial charge in [0.25, 0.3) is 0 Å². The third-order valence-electron chi connectivity index (χ3n) is 3.96. The van der Waals surface area contributed by atoms with E-state index in [9.17, 15) is 24.6 Å². The minimum atomic E-state index is -1.19. The highest BCUT2D eigenvalue weighted by Gasteiger charge is 2.29. The molecule has 0 saturated heterocycles. The zero-order chi connectivity index (χ0) is 20.4. The lowest BCUT2D eigenvalue weighted by Gasteiger charge is -2.23. The van der Waals surface area contributed by atoms with Gasteiger partial charge in [-0.25, -0.2) is 4.79 Å². The van der Waals surface area contributed by atoms with E-state index in [1.807, 2.05) is 12.3 Å². The lowest BCUT2D eigenvalue weighted by atomic mass is 10.0. The zero-order valence-corrected chi connectivity index (χ0v) is 16.2. The Hall–Kier alpha value is -2.10. The average molecular weight is 397 g/mol. The molecule has 0 aliphatic carbocycles. The van der Waals surface area contributed by atoms with Gasteiger partial charge in [0.2, 0.25) is 11.8 Å². The molecule has 0 unspecified atom stereocenters. The van der Waals surface area contributed by atoms with E-state index in [2.05, 4.69) is 10.6 Å². The quantitative estimate of drug-likeness (QED) is 0.346. The molecule has 0 aromatic heterocycles. The second-order valence-electron chi connectivity index (χ2n) is 6.20.